The normalized spacial score (nSPS) is 11.7. The van der Waals surface area contributed by atoms with E-state index in [4.69, 9.17) is 14.0 Å². The van der Waals surface area contributed by atoms with Crippen molar-refractivity contribution in [3.63, 3.8) is 0 Å². The molecule has 24 heavy (non-hydrogen) atoms. The van der Waals surface area contributed by atoms with E-state index in [-0.39, 0.29) is 11.4 Å². The number of aryl methyl sites for hydroxylation is 1. The third-order valence-corrected chi connectivity index (χ3v) is 3.89. The number of methoxy groups -OCH3 is 1. The van der Waals surface area contributed by atoms with Gasteiger partial charge in [0, 0.05) is 11.0 Å². The molecule has 1 aromatic carbocycles. The van der Waals surface area contributed by atoms with Crippen molar-refractivity contribution in [3.05, 3.63) is 35.6 Å². The minimum Gasteiger partial charge on any atom is -0.496 e. The Morgan fingerprint density at radius 1 is 1.33 bits per heavy atom. The molecule has 0 bridgehead atoms. The number of thioether (sulfide) groups is 1. The van der Waals surface area contributed by atoms with Crippen LogP contribution < -0.4 is 10.1 Å². The first-order valence-electron chi connectivity index (χ1n) is 7.11. The fourth-order valence-corrected chi connectivity index (χ4v) is 2.33. The maximum atomic E-state index is 12.3. The zero-order valence-electron chi connectivity index (χ0n) is 13.8. The van der Waals surface area contributed by atoms with E-state index in [1.165, 1.54) is 25.8 Å². The lowest BCUT2D eigenvalue weighted by Crippen LogP contribution is -2.30. The van der Waals surface area contributed by atoms with Gasteiger partial charge in [-0.2, -0.15) is 0 Å². The largest absolute Gasteiger partial charge is 0.496 e. The number of carbonyl (C=O) groups is 2. The lowest BCUT2D eigenvalue weighted by Gasteiger charge is -2.14. The third-order valence-electron chi connectivity index (χ3n) is 3.16. The average Bonchev–Trinajstić information content (AvgIpc) is 2.98. The molecule has 0 aliphatic heterocycles. The second-order valence-corrected chi connectivity index (χ2v) is 5.81. The van der Waals surface area contributed by atoms with Gasteiger partial charge in [0.2, 0.25) is 0 Å². The molecule has 0 spiro atoms. The van der Waals surface area contributed by atoms with Crippen LogP contribution in [0.4, 0.5) is 5.82 Å². The number of rotatable bonds is 6. The fourth-order valence-electron chi connectivity index (χ4n) is 1.90. The van der Waals surface area contributed by atoms with E-state index in [1.54, 1.807) is 31.2 Å². The number of nitrogens with zero attached hydrogens (tertiary/aromatic N) is 1. The highest BCUT2D eigenvalue weighted by Gasteiger charge is 2.22. The molecule has 2 rings (SSSR count). The summed E-state index contributed by atoms with van der Waals surface area (Å²) in [5.74, 6) is 0.0808. The first kappa shape index (κ1) is 17.9. The third kappa shape index (κ3) is 4.29. The van der Waals surface area contributed by atoms with E-state index in [1.807, 2.05) is 6.26 Å². The Balaban J connectivity index is 2.04. The predicted molar refractivity (Wildman–Crippen MR) is 89.5 cm³/mol. The summed E-state index contributed by atoms with van der Waals surface area (Å²) in [6.45, 7) is 3.18. The van der Waals surface area contributed by atoms with E-state index >= 15 is 0 Å². The van der Waals surface area contributed by atoms with E-state index in [9.17, 15) is 9.59 Å². The van der Waals surface area contributed by atoms with Crippen LogP contribution in [0.3, 0.4) is 0 Å². The van der Waals surface area contributed by atoms with Crippen molar-refractivity contribution in [2.75, 3.05) is 18.7 Å². The van der Waals surface area contributed by atoms with Gasteiger partial charge in [-0.25, -0.2) is 4.79 Å². The SMILES string of the molecule is COc1cc(SC)ccc1C(=O)O[C@@H](C)C(=O)Nc1cc(C)on1. The molecule has 128 valence electrons. The molecule has 1 N–H and O–H groups in total. The summed E-state index contributed by atoms with van der Waals surface area (Å²) in [6, 6.07) is 6.70. The molecule has 1 heterocycles. The van der Waals surface area contributed by atoms with Gasteiger partial charge in [0.25, 0.3) is 5.91 Å². The minimum absolute atomic E-state index is 0.257. The zero-order chi connectivity index (χ0) is 17.7. The standard InChI is InChI=1S/C16H18N2O5S/c1-9-7-14(18-23-9)17-15(19)10(2)22-16(20)12-6-5-11(24-4)8-13(12)21-3/h5-8,10H,1-4H3,(H,17,18,19)/t10-/m0/s1. The lowest BCUT2D eigenvalue weighted by atomic mass is 10.2. The van der Waals surface area contributed by atoms with Gasteiger partial charge in [0.15, 0.2) is 11.9 Å². The van der Waals surface area contributed by atoms with Crippen LogP contribution >= 0.6 is 11.8 Å². The molecule has 1 atom stereocenters. The topological polar surface area (TPSA) is 90.7 Å². The lowest BCUT2D eigenvalue weighted by molar-refractivity contribution is -0.123. The van der Waals surface area contributed by atoms with E-state index in [0.29, 0.717) is 11.5 Å². The zero-order valence-corrected chi connectivity index (χ0v) is 14.6. The summed E-state index contributed by atoms with van der Waals surface area (Å²) >= 11 is 1.53. The van der Waals surface area contributed by atoms with Crippen LogP contribution in [0.25, 0.3) is 0 Å². The monoisotopic (exact) mass is 350 g/mol. The van der Waals surface area contributed by atoms with Crippen LogP contribution in [-0.4, -0.2) is 36.5 Å². The summed E-state index contributed by atoms with van der Waals surface area (Å²) in [6.07, 6.45) is 0.921. The van der Waals surface area contributed by atoms with Gasteiger partial charge in [-0.1, -0.05) is 5.16 Å². The van der Waals surface area contributed by atoms with Gasteiger partial charge in [-0.15, -0.1) is 11.8 Å². The maximum Gasteiger partial charge on any atom is 0.342 e. The Morgan fingerprint density at radius 3 is 2.67 bits per heavy atom. The second kappa shape index (κ2) is 7.87. The van der Waals surface area contributed by atoms with Gasteiger partial charge >= 0.3 is 5.97 Å². The molecule has 0 fully saturated rings. The molecule has 0 aliphatic rings. The maximum absolute atomic E-state index is 12.3. The second-order valence-electron chi connectivity index (χ2n) is 4.93. The minimum atomic E-state index is -1.00. The molecule has 0 unspecified atom stereocenters. The van der Waals surface area contributed by atoms with Crippen LogP contribution in [0.2, 0.25) is 0 Å². The number of ether oxygens (including phenoxy) is 2. The number of carbonyl (C=O) groups excluding carboxylic acids is 2. The Kier molecular flexibility index (Phi) is 5.86. The highest BCUT2D eigenvalue weighted by molar-refractivity contribution is 7.98. The molecule has 7 nitrogen and oxygen atoms in total. The number of esters is 1. The molecular formula is C16H18N2O5S. The highest BCUT2D eigenvalue weighted by atomic mass is 32.2. The number of benzene rings is 1. The first-order valence-corrected chi connectivity index (χ1v) is 8.34. The molecule has 0 saturated heterocycles. The smallest absolute Gasteiger partial charge is 0.342 e. The molecule has 0 radical (unpaired) electrons. The number of hydrogen-bond acceptors (Lipinski definition) is 7. The highest BCUT2D eigenvalue weighted by Crippen LogP contribution is 2.26. The van der Waals surface area contributed by atoms with Crippen molar-refractivity contribution in [2.24, 2.45) is 0 Å². The number of nitrogens with one attached hydrogen (secondary N) is 1. The molecule has 0 aliphatic carbocycles. The first-order chi connectivity index (χ1) is 11.4. The Labute approximate surface area is 143 Å². The Bertz CT molecular complexity index is 744. The van der Waals surface area contributed by atoms with Crippen molar-refractivity contribution in [2.45, 2.75) is 24.8 Å². The Hall–Kier alpha value is -2.48. The van der Waals surface area contributed by atoms with Crippen molar-refractivity contribution in [3.8, 4) is 5.75 Å². The molecule has 1 amide bonds. The number of hydrogen-bond donors (Lipinski definition) is 1. The summed E-state index contributed by atoms with van der Waals surface area (Å²) < 4.78 is 15.3. The van der Waals surface area contributed by atoms with Gasteiger partial charge < -0.3 is 19.3 Å². The van der Waals surface area contributed by atoms with Gasteiger partial charge in [0.05, 0.1) is 7.11 Å². The molecule has 1 aromatic heterocycles. The van der Waals surface area contributed by atoms with Crippen LogP contribution in [0.15, 0.2) is 33.7 Å². The molecule has 0 saturated carbocycles. The predicted octanol–water partition coefficient (Wildman–Crippen LogP) is 2.90. The molecule has 2 aromatic rings. The van der Waals surface area contributed by atoms with Crippen molar-refractivity contribution >= 4 is 29.5 Å². The van der Waals surface area contributed by atoms with Gasteiger partial charge in [0.1, 0.15) is 17.1 Å². The summed E-state index contributed by atoms with van der Waals surface area (Å²) in [7, 11) is 1.47. The van der Waals surface area contributed by atoms with Gasteiger partial charge in [-0.05, 0) is 38.3 Å². The molecule has 8 heteroatoms. The van der Waals surface area contributed by atoms with Crippen LogP contribution in [-0.2, 0) is 9.53 Å². The average molecular weight is 350 g/mol. The van der Waals surface area contributed by atoms with Gasteiger partial charge in [-0.3, -0.25) is 4.79 Å². The quantitative estimate of drug-likeness (QED) is 0.633. The number of aromatic nitrogens is 1. The Morgan fingerprint density at radius 2 is 2.08 bits per heavy atom. The van der Waals surface area contributed by atoms with Crippen LogP contribution in [0.5, 0.6) is 5.75 Å². The van der Waals surface area contributed by atoms with Crippen LogP contribution in [0.1, 0.15) is 23.0 Å². The van der Waals surface area contributed by atoms with Crippen molar-refractivity contribution < 1.29 is 23.6 Å². The number of anilines is 1. The van der Waals surface area contributed by atoms with E-state index in [0.717, 1.165) is 4.90 Å². The fraction of sp³-hybridized carbons (Fsp3) is 0.312. The summed E-state index contributed by atoms with van der Waals surface area (Å²) in [4.78, 5) is 25.3. The van der Waals surface area contributed by atoms with E-state index < -0.39 is 18.0 Å². The summed E-state index contributed by atoms with van der Waals surface area (Å²) in [5, 5.41) is 6.16. The van der Waals surface area contributed by atoms with Crippen molar-refractivity contribution in [1.82, 2.24) is 5.16 Å². The number of amides is 1. The van der Waals surface area contributed by atoms with E-state index in [2.05, 4.69) is 10.5 Å². The summed E-state index contributed by atoms with van der Waals surface area (Å²) in [5.41, 5.74) is 0.257. The van der Waals surface area contributed by atoms with Crippen LogP contribution in [0, 0.1) is 6.92 Å². The van der Waals surface area contributed by atoms with Crippen molar-refractivity contribution in [1.29, 1.82) is 0 Å². The molecular weight excluding hydrogens is 332 g/mol.